The van der Waals surface area contributed by atoms with Gasteiger partial charge in [-0.25, -0.2) is 0 Å². The number of nitrogens with one attached hydrogen (secondary N) is 1. The van der Waals surface area contributed by atoms with Crippen molar-refractivity contribution in [2.75, 3.05) is 7.05 Å². The van der Waals surface area contributed by atoms with Crippen LogP contribution in [0.4, 0.5) is 13.2 Å². The van der Waals surface area contributed by atoms with Crippen molar-refractivity contribution in [3.05, 3.63) is 100 Å². The van der Waals surface area contributed by atoms with E-state index in [-0.39, 0.29) is 31.0 Å². The molecule has 3 aromatic carbocycles. The molecule has 10 heteroatoms. The van der Waals surface area contributed by atoms with Gasteiger partial charge >= 0.3 is 6.18 Å². The van der Waals surface area contributed by atoms with Crippen molar-refractivity contribution in [2.24, 2.45) is 0 Å². The molecule has 0 aliphatic heterocycles. The minimum absolute atomic E-state index is 0.0235. The van der Waals surface area contributed by atoms with E-state index in [1.165, 1.54) is 33.2 Å². The number of hydrogen-bond acceptors (Lipinski definition) is 3. The Kier molecular flexibility index (Phi) is 7.03. The van der Waals surface area contributed by atoms with Crippen LogP contribution in [0.25, 0.3) is 11.0 Å². The summed E-state index contributed by atoms with van der Waals surface area (Å²) >= 11 is 5.90. The van der Waals surface area contributed by atoms with Crippen LogP contribution in [0, 0.1) is 5.41 Å². The average molecular weight is 515 g/mol. The summed E-state index contributed by atoms with van der Waals surface area (Å²) in [6, 6.07) is 18.3. The van der Waals surface area contributed by atoms with Gasteiger partial charge in [0.15, 0.2) is 5.78 Å². The number of nitrogens with zero attached hydrogens (tertiary/aromatic N) is 3. The van der Waals surface area contributed by atoms with Gasteiger partial charge in [-0.3, -0.25) is 15.0 Å². The Bertz CT molecular complexity index is 1490. The molecule has 0 bridgehead atoms. The number of carbonyl (C=O) groups excluding carboxylic acids is 2. The smallest absolute Gasteiger partial charge is 0.340 e. The molecule has 1 amide bonds. The van der Waals surface area contributed by atoms with E-state index in [4.69, 9.17) is 17.0 Å². The third kappa shape index (κ3) is 5.36. The van der Waals surface area contributed by atoms with Crippen molar-refractivity contribution in [1.29, 1.82) is 5.41 Å². The van der Waals surface area contributed by atoms with Gasteiger partial charge in [-0.15, -0.1) is 0 Å². The maximum Gasteiger partial charge on any atom is 0.416 e. The van der Waals surface area contributed by atoms with Crippen LogP contribution < -0.4 is 5.62 Å². The number of rotatable bonds is 7. The zero-order valence-corrected chi connectivity index (χ0v) is 20.0. The molecule has 0 unspecified atom stereocenters. The summed E-state index contributed by atoms with van der Waals surface area (Å²) in [6.07, 6.45) is -4.47. The van der Waals surface area contributed by atoms with Crippen LogP contribution in [0.5, 0.6) is 0 Å². The molecule has 0 atom stereocenters. The first-order chi connectivity index (χ1) is 17.0. The fourth-order valence-electron chi connectivity index (χ4n) is 3.95. The lowest BCUT2D eigenvalue weighted by Crippen LogP contribution is -2.35. The van der Waals surface area contributed by atoms with Crippen molar-refractivity contribution in [2.45, 2.75) is 25.8 Å². The molecular weight excluding hydrogens is 493 g/mol. The highest BCUT2D eigenvalue weighted by atomic mass is 35.5. The molecule has 0 saturated carbocycles. The first-order valence-electron chi connectivity index (χ1n) is 11.0. The Balaban J connectivity index is 1.57. The third-order valence-electron chi connectivity index (χ3n) is 5.84. The number of benzene rings is 3. The van der Waals surface area contributed by atoms with Crippen molar-refractivity contribution in [3.63, 3.8) is 0 Å². The Hall–Kier alpha value is -3.85. The van der Waals surface area contributed by atoms with Crippen LogP contribution in [0.15, 0.2) is 72.8 Å². The number of Topliss-reactive ketones (excluding diaryl/α,β-unsaturated/α-hetero) is 1. The number of aromatic nitrogens is 2. The monoisotopic (exact) mass is 514 g/mol. The van der Waals surface area contributed by atoms with Crippen molar-refractivity contribution >= 4 is 34.3 Å². The van der Waals surface area contributed by atoms with Gasteiger partial charge in [-0.05, 0) is 54.1 Å². The highest BCUT2D eigenvalue weighted by molar-refractivity contribution is 6.30. The van der Waals surface area contributed by atoms with E-state index in [9.17, 15) is 22.8 Å². The zero-order chi connectivity index (χ0) is 26.0. The van der Waals surface area contributed by atoms with Gasteiger partial charge < -0.3 is 14.0 Å². The second-order valence-corrected chi connectivity index (χ2v) is 8.80. The van der Waals surface area contributed by atoms with E-state index in [2.05, 4.69) is 0 Å². The predicted molar refractivity (Wildman–Crippen MR) is 129 cm³/mol. The number of likely N-dealkylation sites (N-methyl/N-ethyl adjacent to an activating group) is 1. The first-order valence-corrected chi connectivity index (χ1v) is 11.3. The predicted octanol–water partition coefficient (Wildman–Crippen LogP) is 5.14. The lowest BCUT2D eigenvalue weighted by molar-refractivity contribution is -0.137. The molecule has 0 fully saturated rings. The van der Waals surface area contributed by atoms with Gasteiger partial charge in [-0.2, -0.15) is 13.2 Å². The van der Waals surface area contributed by atoms with Crippen molar-refractivity contribution in [1.82, 2.24) is 14.0 Å². The molecule has 6 nitrogen and oxygen atoms in total. The lowest BCUT2D eigenvalue weighted by atomic mass is 10.1. The molecule has 4 aromatic rings. The number of imidazole rings is 1. The summed E-state index contributed by atoms with van der Waals surface area (Å²) in [5.74, 6) is -0.612. The number of para-hydroxylation sites is 2. The molecule has 186 valence electrons. The maximum atomic E-state index is 13.0. The van der Waals surface area contributed by atoms with E-state index in [1.807, 2.05) is 0 Å². The van der Waals surface area contributed by atoms with E-state index >= 15 is 0 Å². The summed E-state index contributed by atoms with van der Waals surface area (Å²) in [5.41, 5.74) is 1.16. The fraction of sp³-hybridized carbons (Fsp3) is 0.192. The Labute approximate surface area is 209 Å². The van der Waals surface area contributed by atoms with Crippen LogP contribution in [-0.4, -0.2) is 32.8 Å². The minimum Gasteiger partial charge on any atom is -0.340 e. The van der Waals surface area contributed by atoms with Gasteiger partial charge in [0.2, 0.25) is 11.5 Å². The normalized spacial score (nSPS) is 11.6. The molecular formula is C26H22ClF3N4O2. The Morgan fingerprint density at radius 3 is 2.14 bits per heavy atom. The highest BCUT2D eigenvalue weighted by Crippen LogP contribution is 2.29. The lowest BCUT2D eigenvalue weighted by Gasteiger charge is -2.18. The fourth-order valence-corrected chi connectivity index (χ4v) is 4.08. The number of amides is 1. The first kappa shape index (κ1) is 25.2. The zero-order valence-electron chi connectivity index (χ0n) is 19.2. The van der Waals surface area contributed by atoms with E-state index in [0.717, 1.165) is 12.1 Å². The molecule has 0 aliphatic carbocycles. The second kappa shape index (κ2) is 10.0. The highest BCUT2D eigenvalue weighted by Gasteiger charge is 2.30. The van der Waals surface area contributed by atoms with E-state index < -0.39 is 17.6 Å². The Morgan fingerprint density at radius 1 is 0.917 bits per heavy atom. The largest absolute Gasteiger partial charge is 0.416 e. The molecule has 36 heavy (non-hydrogen) atoms. The van der Waals surface area contributed by atoms with Crippen LogP contribution in [0.1, 0.15) is 21.5 Å². The summed E-state index contributed by atoms with van der Waals surface area (Å²) in [6.45, 7) is -0.344. The molecule has 0 saturated heterocycles. The molecule has 0 radical (unpaired) electrons. The quantitative estimate of drug-likeness (QED) is 0.347. The number of ketones is 1. The van der Waals surface area contributed by atoms with Crippen molar-refractivity contribution < 1.29 is 22.8 Å². The third-order valence-corrected chi connectivity index (χ3v) is 6.09. The van der Waals surface area contributed by atoms with Gasteiger partial charge in [0.05, 0.1) is 23.1 Å². The van der Waals surface area contributed by atoms with E-state index in [1.54, 1.807) is 48.5 Å². The molecule has 1 heterocycles. The van der Waals surface area contributed by atoms with Gasteiger partial charge in [0.25, 0.3) is 0 Å². The molecule has 0 aliphatic rings. The van der Waals surface area contributed by atoms with Crippen LogP contribution in [0.3, 0.4) is 0 Å². The number of fused-ring (bicyclic) bond motifs is 1. The van der Waals surface area contributed by atoms with E-state index in [0.29, 0.717) is 27.2 Å². The molecule has 0 spiro atoms. The van der Waals surface area contributed by atoms with Crippen molar-refractivity contribution in [3.8, 4) is 0 Å². The topological polar surface area (TPSA) is 71.1 Å². The number of hydrogen-bond donors (Lipinski definition) is 1. The number of alkyl halides is 3. The minimum atomic E-state index is -4.47. The maximum absolute atomic E-state index is 13.0. The molecule has 1 N–H and O–H groups in total. The molecule has 1 aromatic heterocycles. The SMILES string of the molecule is CN(Cc1cccc(C(F)(F)F)c1)C(=O)Cn1c(=N)n(CC(=O)c2ccc(Cl)cc2)c2ccccc21. The Morgan fingerprint density at radius 2 is 1.53 bits per heavy atom. The van der Waals surface area contributed by atoms with Crippen LogP contribution in [-0.2, 0) is 30.6 Å². The second-order valence-electron chi connectivity index (χ2n) is 8.36. The average Bonchev–Trinajstić information content (AvgIpc) is 3.10. The van der Waals surface area contributed by atoms with Gasteiger partial charge in [0.1, 0.15) is 6.54 Å². The van der Waals surface area contributed by atoms with Crippen LogP contribution >= 0.6 is 11.6 Å². The van der Waals surface area contributed by atoms with Gasteiger partial charge in [0, 0.05) is 24.2 Å². The summed E-state index contributed by atoms with van der Waals surface area (Å²) < 4.78 is 42.1. The number of halogens is 4. The van der Waals surface area contributed by atoms with Gasteiger partial charge in [-0.1, -0.05) is 35.9 Å². The molecule has 4 rings (SSSR count). The summed E-state index contributed by atoms with van der Waals surface area (Å²) in [4.78, 5) is 27.2. The standard InChI is InChI=1S/C26H22ClF3N4O2/c1-32(14-17-5-4-6-19(13-17)26(28,29)30)24(36)16-34-22-8-3-2-7-21(22)33(25(34)31)15-23(35)18-9-11-20(27)12-10-18/h2-13,31H,14-16H2,1H3. The van der Waals surface area contributed by atoms with Crippen LogP contribution in [0.2, 0.25) is 5.02 Å². The number of carbonyl (C=O) groups is 2. The summed E-state index contributed by atoms with van der Waals surface area (Å²) in [5, 5.41) is 9.18. The summed E-state index contributed by atoms with van der Waals surface area (Å²) in [7, 11) is 1.50.